The van der Waals surface area contributed by atoms with Gasteiger partial charge in [-0.25, -0.2) is 4.98 Å². The molecule has 0 saturated heterocycles. The Morgan fingerprint density at radius 3 is 2.67 bits per heavy atom. The van der Waals surface area contributed by atoms with E-state index in [4.69, 9.17) is 5.11 Å². The van der Waals surface area contributed by atoms with E-state index in [9.17, 15) is 9.59 Å². The number of carboxylic acids is 1. The van der Waals surface area contributed by atoms with Gasteiger partial charge < -0.3 is 10.1 Å². The molecule has 0 amide bonds. The Balaban J connectivity index is 3.14. The summed E-state index contributed by atoms with van der Waals surface area (Å²) in [5, 5.41) is 8.74. The van der Waals surface area contributed by atoms with Crippen molar-refractivity contribution in [2.24, 2.45) is 0 Å². The SMILES string of the molecule is Cc1nc(C(C)(C)CC(=O)O)cc(=O)[nH]1. The van der Waals surface area contributed by atoms with Crippen molar-refractivity contribution in [3.05, 3.63) is 27.9 Å². The van der Waals surface area contributed by atoms with E-state index in [-0.39, 0.29) is 12.0 Å². The van der Waals surface area contributed by atoms with E-state index >= 15 is 0 Å². The van der Waals surface area contributed by atoms with Crippen molar-refractivity contribution in [1.82, 2.24) is 9.97 Å². The highest BCUT2D eigenvalue weighted by molar-refractivity contribution is 5.68. The van der Waals surface area contributed by atoms with Crippen LogP contribution in [0.15, 0.2) is 10.9 Å². The zero-order chi connectivity index (χ0) is 11.6. The fourth-order valence-corrected chi connectivity index (χ4v) is 1.39. The number of nitrogens with one attached hydrogen (secondary N) is 1. The Morgan fingerprint density at radius 1 is 1.60 bits per heavy atom. The van der Waals surface area contributed by atoms with Gasteiger partial charge in [0.25, 0.3) is 5.56 Å². The number of nitrogens with zero attached hydrogens (tertiary/aromatic N) is 1. The Hall–Kier alpha value is -1.65. The third-order valence-corrected chi connectivity index (χ3v) is 2.15. The number of carboxylic acid groups (broad SMARTS) is 1. The second-order valence-corrected chi connectivity index (χ2v) is 4.17. The van der Waals surface area contributed by atoms with E-state index < -0.39 is 11.4 Å². The van der Waals surface area contributed by atoms with Crippen molar-refractivity contribution in [3.8, 4) is 0 Å². The number of hydrogen-bond donors (Lipinski definition) is 2. The smallest absolute Gasteiger partial charge is 0.304 e. The Morgan fingerprint density at radius 2 is 2.20 bits per heavy atom. The summed E-state index contributed by atoms with van der Waals surface area (Å²) in [4.78, 5) is 28.5. The maximum atomic E-state index is 11.2. The minimum atomic E-state index is -0.903. The van der Waals surface area contributed by atoms with Crippen LogP contribution >= 0.6 is 0 Å². The molecule has 1 rings (SSSR count). The van der Waals surface area contributed by atoms with Crippen LogP contribution in [0, 0.1) is 6.92 Å². The molecule has 0 fully saturated rings. The van der Waals surface area contributed by atoms with Crippen molar-refractivity contribution < 1.29 is 9.90 Å². The van der Waals surface area contributed by atoms with Crippen molar-refractivity contribution in [1.29, 1.82) is 0 Å². The summed E-state index contributed by atoms with van der Waals surface area (Å²) in [7, 11) is 0. The minimum absolute atomic E-state index is 0.0527. The first-order valence-electron chi connectivity index (χ1n) is 4.61. The number of aryl methyl sites for hydroxylation is 1. The van der Waals surface area contributed by atoms with E-state index in [0.717, 1.165) is 0 Å². The molecule has 0 spiro atoms. The van der Waals surface area contributed by atoms with Gasteiger partial charge in [-0.2, -0.15) is 0 Å². The largest absolute Gasteiger partial charge is 0.481 e. The monoisotopic (exact) mass is 210 g/mol. The standard InChI is InChI=1S/C10H14N2O3/c1-6-11-7(4-8(13)12-6)10(2,3)5-9(14)15/h4H,5H2,1-3H3,(H,14,15)(H,11,12,13). The molecule has 15 heavy (non-hydrogen) atoms. The van der Waals surface area contributed by atoms with Crippen molar-refractivity contribution in [2.75, 3.05) is 0 Å². The number of rotatable bonds is 3. The van der Waals surface area contributed by atoms with E-state index in [2.05, 4.69) is 9.97 Å². The summed E-state index contributed by atoms with van der Waals surface area (Å²) < 4.78 is 0. The zero-order valence-corrected chi connectivity index (χ0v) is 9.00. The van der Waals surface area contributed by atoms with E-state index in [1.165, 1.54) is 6.07 Å². The highest BCUT2D eigenvalue weighted by Crippen LogP contribution is 2.23. The first kappa shape index (κ1) is 11.4. The van der Waals surface area contributed by atoms with E-state index in [1.54, 1.807) is 20.8 Å². The van der Waals surface area contributed by atoms with Gasteiger partial charge in [0, 0.05) is 11.5 Å². The molecule has 0 atom stereocenters. The maximum Gasteiger partial charge on any atom is 0.304 e. The van der Waals surface area contributed by atoms with Crippen molar-refractivity contribution >= 4 is 5.97 Å². The van der Waals surface area contributed by atoms with Crippen molar-refractivity contribution in [3.63, 3.8) is 0 Å². The fraction of sp³-hybridized carbons (Fsp3) is 0.500. The summed E-state index contributed by atoms with van der Waals surface area (Å²) in [6.07, 6.45) is -0.0527. The van der Waals surface area contributed by atoms with Crippen LogP contribution in [0.3, 0.4) is 0 Å². The van der Waals surface area contributed by atoms with Crippen LogP contribution in [0.2, 0.25) is 0 Å². The van der Waals surface area contributed by atoms with Gasteiger partial charge in [0.15, 0.2) is 0 Å². The molecule has 0 bridgehead atoms. The average molecular weight is 210 g/mol. The molecular weight excluding hydrogens is 196 g/mol. The Bertz CT molecular complexity index is 435. The molecule has 5 nitrogen and oxygen atoms in total. The molecule has 0 aromatic carbocycles. The molecule has 0 radical (unpaired) electrons. The Kier molecular flexibility index (Phi) is 2.93. The topological polar surface area (TPSA) is 83.0 Å². The molecule has 0 aliphatic rings. The molecule has 0 saturated carbocycles. The van der Waals surface area contributed by atoms with Crippen LogP contribution < -0.4 is 5.56 Å². The number of H-pyrrole nitrogens is 1. The van der Waals surface area contributed by atoms with Crippen molar-refractivity contribution in [2.45, 2.75) is 32.6 Å². The lowest BCUT2D eigenvalue weighted by molar-refractivity contribution is -0.138. The van der Waals surface area contributed by atoms with Crippen LogP contribution in [-0.4, -0.2) is 21.0 Å². The summed E-state index contributed by atoms with van der Waals surface area (Å²) in [5.74, 6) is -0.407. The molecule has 5 heteroatoms. The minimum Gasteiger partial charge on any atom is -0.481 e. The number of aromatic nitrogens is 2. The van der Waals surface area contributed by atoms with Gasteiger partial charge in [-0.15, -0.1) is 0 Å². The molecule has 0 unspecified atom stereocenters. The number of carbonyl (C=O) groups is 1. The van der Waals surface area contributed by atoms with Gasteiger partial charge in [0.1, 0.15) is 5.82 Å². The summed E-state index contributed by atoms with van der Waals surface area (Å²) >= 11 is 0. The molecule has 1 aromatic rings. The Labute approximate surface area is 87.2 Å². The van der Waals surface area contributed by atoms with Crippen LogP contribution in [0.5, 0.6) is 0 Å². The van der Waals surface area contributed by atoms with E-state index in [0.29, 0.717) is 11.5 Å². The molecule has 1 aromatic heterocycles. The summed E-state index contributed by atoms with van der Waals surface area (Å²) in [6, 6.07) is 1.34. The molecule has 1 heterocycles. The zero-order valence-electron chi connectivity index (χ0n) is 9.00. The molecule has 0 aliphatic heterocycles. The molecule has 82 valence electrons. The quantitative estimate of drug-likeness (QED) is 0.774. The highest BCUT2D eigenvalue weighted by atomic mass is 16.4. The normalized spacial score (nSPS) is 11.4. The van der Waals surface area contributed by atoms with Crippen LogP contribution in [0.25, 0.3) is 0 Å². The van der Waals surface area contributed by atoms with Gasteiger partial charge in [-0.3, -0.25) is 9.59 Å². The van der Waals surface area contributed by atoms with Gasteiger partial charge in [-0.1, -0.05) is 13.8 Å². The number of hydrogen-bond acceptors (Lipinski definition) is 3. The fourth-order valence-electron chi connectivity index (χ4n) is 1.39. The van der Waals surface area contributed by atoms with Gasteiger partial charge >= 0.3 is 5.97 Å². The van der Waals surface area contributed by atoms with E-state index in [1.807, 2.05) is 0 Å². The maximum absolute atomic E-state index is 11.2. The predicted octanol–water partition coefficient (Wildman–Crippen LogP) is 0.831. The average Bonchev–Trinajstić information content (AvgIpc) is 1.99. The number of aromatic amines is 1. The lowest BCUT2D eigenvalue weighted by Gasteiger charge is -2.21. The molecule has 0 aliphatic carbocycles. The highest BCUT2D eigenvalue weighted by Gasteiger charge is 2.26. The second-order valence-electron chi connectivity index (χ2n) is 4.17. The third kappa shape index (κ3) is 2.90. The third-order valence-electron chi connectivity index (χ3n) is 2.15. The summed E-state index contributed by atoms with van der Waals surface area (Å²) in [5.41, 5.74) is -0.382. The van der Waals surface area contributed by atoms with Crippen LogP contribution in [-0.2, 0) is 10.2 Å². The van der Waals surface area contributed by atoms with Gasteiger partial charge in [0.05, 0.1) is 12.1 Å². The lowest BCUT2D eigenvalue weighted by Crippen LogP contribution is -2.26. The summed E-state index contributed by atoms with van der Waals surface area (Å²) in [6.45, 7) is 5.17. The number of aliphatic carboxylic acids is 1. The van der Waals surface area contributed by atoms with Crippen LogP contribution in [0.4, 0.5) is 0 Å². The van der Waals surface area contributed by atoms with Crippen LogP contribution in [0.1, 0.15) is 31.8 Å². The van der Waals surface area contributed by atoms with Gasteiger partial charge in [0.2, 0.25) is 0 Å². The second kappa shape index (κ2) is 3.84. The molecular formula is C10H14N2O3. The molecule has 2 N–H and O–H groups in total. The lowest BCUT2D eigenvalue weighted by atomic mass is 9.85. The first-order chi connectivity index (χ1) is 6.81. The first-order valence-corrected chi connectivity index (χ1v) is 4.61. The predicted molar refractivity (Wildman–Crippen MR) is 54.9 cm³/mol. The van der Waals surface area contributed by atoms with Gasteiger partial charge in [-0.05, 0) is 6.92 Å².